The summed E-state index contributed by atoms with van der Waals surface area (Å²) < 4.78 is 32.3. The molecule has 0 spiro atoms. The Bertz CT molecular complexity index is 515. The average molecular weight is 291 g/mol. The maximum Gasteiger partial charge on any atom is 0.243 e. The van der Waals surface area contributed by atoms with Crippen molar-refractivity contribution in [1.29, 1.82) is 0 Å². The molecule has 2 atom stereocenters. The highest BCUT2D eigenvalue weighted by Gasteiger charge is 2.28. The second kappa shape index (κ2) is 5.52. The molecule has 7 heteroatoms. The van der Waals surface area contributed by atoms with E-state index in [4.69, 9.17) is 16.3 Å². The first-order valence-corrected chi connectivity index (χ1v) is 7.61. The van der Waals surface area contributed by atoms with Gasteiger partial charge in [0.05, 0.1) is 6.10 Å². The molecule has 1 aliphatic heterocycles. The number of pyridine rings is 1. The molecule has 0 aliphatic carbocycles. The second-order valence-electron chi connectivity index (χ2n) is 4.25. The van der Waals surface area contributed by atoms with Gasteiger partial charge < -0.3 is 4.74 Å². The Kier molecular flexibility index (Phi) is 4.21. The van der Waals surface area contributed by atoms with Crippen LogP contribution in [-0.2, 0) is 14.8 Å². The van der Waals surface area contributed by atoms with Crippen LogP contribution in [0.2, 0.25) is 5.15 Å². The quantitative estimate of drug-likeness (QED) is 0.855. The molecule has 1 saturated heterocycles. The first-order chi connectivity index (χ1) is 8.50. The number of hydrogen-bond acceptors (Lipinski definition) is 4. The third kappa shape index (κ3) is 3.00. The summed E-state index contributed by atoms with van der Waals surface area (Å²) in [4.78, 5) is 3.76. The minimum absolute atomic E-state index is 0.00323. The van der Waals surface area contributed by atoms with E-state index in [9.17, 15) is 8.42 Å². The molecule has 2 heterocycles. The van der Waals surface area contributed by atoms with Gasteiger partial charge in [-0.05, 0) is 31.9 Å². The molecule has 0 bridgehead atoms. The van der Waals surface area contributed by atoms with Gasteiger partial charge in [0.2, 0.25) is 10.0 Å². The number of hydrogen-bond donors (Lipinski definition) is 1. The number of halogens is 1. The first kappa shape index (κ1) is 13.7. The maximum absolute atomic E-state index is 12.1. The summed E-state index contributed by atoms with van der Waals surface area (Å²) in [6.45, 7) is 2.47. The lowest BCUT2D eigenvalue weighted by molar-refractivity contribution is 0.0902. The number of aromatic nitrogens is 1. The maximum atomic E-state index is 12.1. The lowest BCUT2D eigenvalue weighted by Crippen LogP contribution is -2.40. The molecule has 2 rings (SSSR count). The van der Waals surface area contributed by atoms with Gasteiger partial charge in [-0.3, -0.25) is 0 Å². The fourth-order valence-electron chi connectivity index (χ4n) is 1.95. The highest BCUT2D eigenvalue weighted by atomic mass is 35.5. The highest BCUT2D eigenvalue weighted by molar-refractivity contribution is 7.89. The van der Waals surface area contributed by atoms with Crippen molar-refractivity contribution < 1.29 is 13.2 Å². The predicted molar refractivity (Wildman–Crippen MR) is 68.0 cm³/mol. The minimum atomic E-state index is -3.65. The van der Waals surface area contributed by atoms with Gasteiger partial charge in [-0.15, -0.1) is 0 Å². The van der Waals surface area contributed by atoms with Crippen LogP contribution < -0.4 is 4.72 Å². The van der Waals surface area contributed by atoms with E-state index in [1.165, 1.54) is 18.3 Å². The number of rotatable bonds is 4. The summed E-state index contributed by atoms with van der Waals surface area (Å²) in [5.41, 5.74) is 0. The van der Waals surface area contributed by atoms with Crippen LogP contribution in [0.25, 0.3) is 0 Å². The van der Waals surface area contributed by atoms with Crippen molar-refractivity contribution in [2.24, 2.45) is 0 Å². The molecule has 1 fully saturated rings. The van der Waals surface area contributed by atoms with Gasteiger partial charge in [0.1, 0.15) is 10.0 Å². The lowest BCUT2D eigenvalue weighted by Gasteiger charge is -2.20. The molecule has 1 aromatic rings. The summed E-state index contributed by atoms with van der Waals surface area (Å²) in [5.74, 6) is 0. The van der Waals surface area contributed by atoms with E-state index in [1.807, 2.05) is 0 Å². The van der Waals surface area contributed by atoms with E-state index in [2.05, 4.69) is 9.71 Å². The molecule has 18 heavy (non-hydrogen) atoms. The van der Waals surface area contributed by atoms with Crippen LogP contribution in [0.3, 0.4) is 0 Å². The van der Waals surface area contributed by atoms with E-state index >= 15 is 0 Å². The minimum Gasteiger partial charge on any atom is -0.377 e. The van der Waals surface area contributed by atoms with E-state index < -0.39 is 10.0 Å². The smallest absolute Gasteiger partial charge is 0.243 e. The standard InChI is InChI=1S/C11H15ClN2O3S/c1-8(9-4-3-7-17-9)14-18(15,16)10-5-2-6-13-11(10)12/h2,5-6,8-9,14H,3-4,7H2,1H3. The Morgan fingerprint density at radius 3 is 3.00 bits per heavy atom. The van der Waals surface area contributed by atoms with Crippen molar-refractivity contribution in [3.63, 3.8) is 0 Å². The molecule has 0 saturated carbocycles. The van der Waals surface area contributed by atoms with Gasteiger partial charge in [-0.25, -0.2) is 18.1 Å². The molecule has 0 radical (unpaired) electrons. The highest BCUT2D eigenvalue weighted by Crippen LogP contribution is 2.20. The van der Waals surface area contributed by atoms with Crippen LogP contribution in [0.5, 0.6) is 0 Å². The Morgan fingerprint density at radius 1 is 1.61 bits per heavy atom. The number of nitrogens with one attached hydrogen (secondary N) is 1. The van der Waals surface area contributed by atoms with Crippen LogP contribution in [0.1, 0.15) is 19.8 Å². The SMILES string of the molecule is CC(NS(=O)(=O)c1cccnc1Cl)C1CCCO1. The van der Waals surface area contributed by atoms with Crippen LogP contribution in [0, 0.1) is 0 Å². The van der Waals surface area contributed by atoms with Gasteiger partial charge in [0, 0.05) is 18.8 Å². The molecular formula is C11H15ClN2O3S. The van der Waals surface area contributed by atoms with Crippen molar-refractivity contribution in [1.82, 2.24) is 9.71 Å². The Labute approximate surface area is 112 Å². The van der Waals surface area contributed by atoms with Crippen molar-refractivity contribution in [2.45, 2.75) is 36.8 Å². The predicted octanol–water partition coefficient (Wildman–Crippen LogP) is 1.58. The molecule has 2 unspecified atom stereocenters. The first-order valence-electron chi connectivity index (χ1n) is 5.75. The normalized spacial score (nSPS) is 22.0. The molecule has 1 aromatic heterocycles. The topological polar surface area (TPSA) is 68.3 Å². The van der Waals surface area contributed by atoms with E-state index in [1.54, 1.807) is 6.92 Å². The van der Waals surface area contributed by atoms with Gasteiger partial charge in [0.25, 0.3) is 0 Å². The van der Waals surface area contributed by atoms with Crippen molar-refractivity contribution >= 4 is 21.6 Å². The van der Waals surface area contributed by atoms with E-state index in [0.29, 0.717) is 6.61 Å². The van der Waals surface area contributed by atoms with Crippen molar-refractivity contribution in [2.75, 3.05) is 6.61 Å². The summed E-state index contributed by atoms with van der Waals surface area (Å²) in [6.07, 6.45) is 3.20. The van der Waals surface area contributed by atoms with Gasteiger partial charge in [-0.1, -0.05) is 11.6 Å². The van der Waals surface area contributed by atoms with Crippen LogP contribution in [0.4, 0.5) is 0 Å². The average Bonchev–Trinajstić information content (AvgIpc) is 2.82. The molecule has 100 valence electrons. The number of sulfonamides is 1. The van der Waals surface area contributed by atoms with Gasteiger partial charge >= 0.3 is 0 Å². The Morgan fingerprint density at radius 2 is 2.39 bits per heavy atom. The third-order valence-electron chi connectivity index (χ3n) is 2.88. The Hall–Kier alpha value is -0.690. The van der Waals surface area contributed by atoms with Gasteiger partial charge in [0.15, 0.2) is 0 Å². The summed E-state index contributed by atoms with van der Waals surface area (Å²) in [5, 5.41) is -0.0236. The fourth-order valence-corrected chi connectivity index (χ4v) is 3.68. The molecule has 1 aliphatic rings. The second-order valence-corrected chi connectivity index (χ2v) is 6.29. The van der Waals surface area contributed by atoms with Crippen LogP contribution >= 0.6 is 11.6 Å². The largest absolute Gasteiger partial charge is 0.377 e. The fraction of sp³-hybridized carbons (Fsp3) is 0.545. The van der Waals surface area contributed by atoms with E-state index in [0.717, 1.165) is 12.8 Å². The zero-order valence-corrected chi connectivity index (χ0v) is 11.5. The molecule has 0 amide bonds. The lowest BCUT2D eigenvalue weighted by atomic mass is 10.1. The number of ether oxygens (including phenoxy) is 1. The monoisotopic (exact) mass is 290 g/mol. The molecule has 5 nitrogen and oxygen atoms in total. The summed E-state index contributed by atoms with van der Waals surface area (Å²) >= 11 is 5.79. The molecule has 0 aromatic carbocycles. The summed E-state index contributed by atoms with van der Waals surface area (Å²) in [7, 11) is -3.65. The van der Waals surface area contributed by atoms with Gasteiger partial charge in [-0.2, -0.15) is 0 Å². The summed E-state index contributed by atoms with van der Waals surface area (Å²) in [6, 6.07) is 2.69. The van der Waals surface area contributed by atoms with Crippen molar-refractivity contribution in [3.8, 4) is 0 Å². The zero-order chi connectivity index (χ0) is 13.2. The third-order valence-corrected chi connectivity index (χ3v) is 4.88. The molecular weight excluding hydrogens is 276 g/mol. The van der Waals surface area contributed by atoms with Crippen LogP contribution in [0.15, 0.2) is 23.2 Å². The number of nitrogens with zero attached hydrogens (tertiary/aromatic N) is 1. The zero-order valence-electron chi connectivity index (χ0n) is 9.97. The Balaban J connectivity index is 2.14. The van der Waals surface area contributed by atoms with E-state index in [-0.39, 0.29) is 22.2 Å². The van der Waals surface area contributed by atoms with Crippen molar-refractivity contribution in [3.05, 3.63) is 23.5 Å². The van der Waals surface area contributed by atoms with Crippen LogP contribution in [-0.4, -0.2) is 32.2 Å². The molecule has 1 N–H and O–H groups in total.